The van der Waals surface area contributed by atoms with Crippen molar-refractivity contribution in [3.63, 3.8) is 0 Å². The lowest BCUT2D eigenvalue weighted by Crippen LogP contribution is -2.38. The van der Waals surface area contributed by atoms with Crippen molar-refractivity contribution in [3.05, 3.63) is 65.5 Å². The van der Waals surface area contributed by atoms with E-state index in [9.17, 15) is 4.79 Å². The Balaban J connectivity index is 1.92. The molecule has 1 aromatic heterocycles. The van der Waals surface area contributed by atoms with Crippen LogP contribution in [0, 0.1) is 6.92 Å². The Morgan fingerprint density at radius 2 is 1.95 bits per heavy atom. The summed E-state index contributed by atoms with van der Waals surface area (Å²) >= 11 is 0. The summed E-state index contributed by atoms with van der Waals surface area (Å²) in [6, 6.07) is 13.8. The first kappa shape index (κ1) is 13.8. The molecule has 3 heteroatoms. The molecule has 0 saturated carbocycles. The van der Waals surface area contributed by atoms with Crippen LogP contribution in [0.5, 0.6) is 0 Å². The number of piperidine rings is 1. The van der Waals surface area contributed by atoms with E-state index in [4.69, 9.17) is 0 Å². The molecule has 0 bridgehead atoms. The molecule has 2 heterocycles. The van der Waals surface area contributed by atoms with Gasteiger partial charge in [0, 0.05) is 24.0 Å². The van der Waals surface area contributed by atoms with Gasteiger partial charge < -0.3 is 4.90 Å². The molecule has 0 unspecified atom stereocenters. The van der Waals surface area contributed by atoms with Crippen molar-refractivity contribution in [2.24, 2.45) is 0 Å². The second-order valence-corrected chi connectivity index (χ2v) is 5.55. The molecule has 2 aromatic rings. The lowest BCUT2D eigenvalue weighted by molar-refractivity contribution is 0.0610. The van der Waals surface area contributed by atoms with Crippen molar-refractivity contribution in [3.8, 4) is 0 Å². The van der Waals surface area contributed by atoms with E-state index in [0.717, 1.165) is 37.1 Å². The van der Waals surface area contributed by atoms with E-state index in [2.05, 4.69) is 11.1 Å². The summed E-state index contributed by atoms with van der Waals surface area (Å²) in [5, 5.41) is 0. The maximum atomic E-state index is 12.8. The largest absolute Gasteiger partial charge is 0.332 e. The Morgan fingerprint density at radius 3 is 2.71 bits per heavy atom. The first-order chi connectivity index (χ1) is 10.3. The zero-order valence-electron chi connectivity index (χ0n) is 12.3. The molecule has 0 spiro atoms. The second-order valence-electron chi connectivity index (χ2n) is 5.55. The number of benzene rings is 1. The predicted molar refractivity (Wildman–Crippen MR) is 83.0 cm³/mol. The zero-order chi connectivity index (χ0) is 14.7. The number of aryl methyl sites for hydroxylation is 1. The molecule has 0 N–H and O–H groups in total. The normalized spacial score (nSPS) is 18.5. The van der Waals surface area contributed by atoms with E-state index in [-0.39, 0.29) is 11.9 Å². The van der Waals surface area contributed by atoms with Crippen molar-refractivity contribution in [2.75, 3.05) is 6.54 Å². The summed E-state index contributed by atoms with van der Waals surface area (Å²) in [5.74, 6) is 0.128. The topological polar surface area (TPSA) is 33.2 Å². The monoisotopic (exact) mass is 280 g/mol. The van der Waals surface area contributed by atoms with Gasteiger partial charge in [0.2, 0.25) is 0 Å². The average Bonchev–Trinajstić information content (AvgIpc) is 2.55. The van der Waals surface area contributed by atoms with E-state index in [1.165, 1.54) is 5.56 Å². The van der Waals surface area contributed by atoms with Crippen molar-refractivity contribution >= 4 is 5.91 Å². The maximum absolute atomic E-state index is 12.8. The van der Waals surface area contributed by atoms with Crippen LogP contribution < -0.4 is 0 Å². The van der Waals surface area contributed by atoms with Gasteiger partial charge in [-0.05, 0) is 49.9 Å². The molecule has 0 aliphatic carbocycles. The first-order valence-electron chi connectivity index (χ1n) is 7.55. The van der Waals surface area contributed by atoms with Gasteiger partial charge in [0.25, 0.3) is 5.91 Å². The molecular formula is C18H20N2O. The lowest BCUT2D eigenvalue weighted by Gasteiger charge is -2.36. The summed E-state index contributed by atoms with van der Waals surface area (Å²) in [4.78, 5) is 19.2. The van der Waals surface area contributed by atoms with Gasteiger partial charge in [-0.1, -0.05) is 24.3 Å². The van der Waals surface area contributed by atoms with Crippen LogP contribution in [0.1, 0.15) is 46.9 Å². The number of carbonyl (C=O) groups is 1. The Bertz CT molecular complexity index is 624. The number of hydrogen-bond acceptors (Lipinski definition) is 2. The molecule has 1 aliphatic heterocycles. The Labute approximate surface area is 125 Å². The Kier molecular flexibility index (Phi) is 4.00. The molecule has 1 fully saturated rings. The molecule has 1 saturated heterocycles. The third-order valence-electron chi connectivity index (χ3n) is 4.19. The molecule has 1 amide bonds. The smallest absolute Gasteiger partial charge is 0.254 e. The summed E-state index contributed by atoms with van der Waals surface area (Å²) in [6.07, 6.45) is 5.07. The summed E-state index contributed by atoms with van der Waals surface area (Å²) < 4.78 is 0. The van der Waals surface area contributed by atoms with Gasteiger partial charge in [-0.25, -0.2) is 0 Å². The van der Waals surface area contributed by atoms with E-state index in [0.29, 0.717) is 0 Å². The van der Waals surface area contributed by atoms with Crippen LogP contribution in [-0.2, 0) is 0 Å². The molecule has 3 rings (SSSR count). The molecule has 1 atom stereocenters. The van der Waals surface area contributed by atoms with Crippen molar-refractivity contribution < 1.29 is 4.79 Å². The fourth-order valence-electron chi connectivity index (χ4n) is 3.09. The maximum Gasteiger partial charge on any atom is 0.254 e. The minimum absolute atomic E-state index is 0.128. The SMILES string of the molecule is Cc1ncccc1[C@H]1CCCCN1C(=O)c1ccccc1. The number of hydrogen-bond donors (Lipinski definition) is 0. The number of rotatable bonds is 2. The average molecular weight is 280 g/mol. The van der Waals surface area contributed by atoms with Gasteiger partial charge in [-0.15, -0.1) is 0 Å². The highest BCUT2D eigenvalue weighted by atomic mass is 16.2. The highest BCUT2D eigenvalue weighted by Crippen LogP contribution is 2.33. The van der Waals surface area contributed by atoms with Crippen molar-refractivity contribution in [1.29, 1.82) is 0 Å². The summed E-state index contributed by atoms with van der Waals surface area (Å²) in [7, 11) is 0. The number of pyridine rings is 1. The second kappa shape index (κ2) is 6.08. The van der Waals surface area contributed by atoms with Crippen LogP contribution in [0.3, 0.4) is 0 Å². The Hall–Kier alpha value is -2.16. The minimum atomic E-state index is 0.128. The molecular weight excluding hydrogens is 260 g/mol. The number of likely N-dealkylation sites (tertiary alicyclic amines) is 1. The van der Waals surface area contributed by atoms with Crippen LogP contribution in [-0.4, -0.2) is 22.3 Å². The van der Waals surface area contributed by atoms with Crippen molar-refractivity contribution in [1.82, 2.24) is 9.88 Å². The predicted octanol–water partition coefficient (Wildman–Crippen LogP) is 3.76. The van der Waals surface area contributed by atoms with Crippen LogP contribution in [0.25, 0.3) is 0 Å². The van der Waals surface area contributed by atoms with Crippen LogP contribution in [0.2, 0.25) is 0 Å². The number of amides is 1. The fourth-order valence-corrected chi connectivity index (χ4v) is 3.09. The van der Waals surface area contributed by atoms with Gasteiger partial charge in [-0.2, -0.15) is 0 Å². The summed E-state index contributed by atoms with van der Waals surface area (Å²) in [5.41, 5.74) is 2.97. The minimum Gasteiger partial charge on any atom is -0.332 e. The lowest BCUT2D eigenvalue weighted by atomic mass is 9.93. The number of nitrogens with zero attached hydrogens (tertiary/aromatic N) is 2. The highest BCUT2D eigenvalue weighted by molar-refractivity contribution is 5.94. The van der Waals surface area contributed by atoms with Crippen LogP contribution >= 0.6 is 0 Å². The van der Waals surface area contributed by atoms with Gasteiger partial charge in [0.1, 0.15) is 0 Å². The highest BCUT2D eigenvalue weighted by Gasteiger charge is 2.29. The zero-order valence-corrected chi connectivity index (χ0v) is 12.3. The molecule has 1 aliphatic rings. The van der Waals surface area contributed by atoms with Crippen molar-refractivity contribution in [2.45, 2.75) is 32.2 Å². The molecule has 3 nitrogen and oxygen atoms in total. The van der Waals surface area contributed by atoms with Gasteiger partial charge in [-0.3, -0.25) is 9.78 Å². The summed E-state index contributed by atoms with van der Waals surface area (Å²) in [6.45, 7) is 2.85. The van der Waals surface area contributed by atoms with E-state index in [1.807, 2.05) is 54.4 Å². The van der Waals surface area contributed by atoms with Gasteiger partial charge in [0.05, 0.1) is 6.04 Å². The first-order valence-corrected chi connectivity index (χ1v) is 7.55. The third kappa shape index (κ3) is 2.82. The molecule has 1 aromatic carbocycles. The standard InChI is InChI=1S/C18H20N2O/c1-14-16(10-7-12-19-14)17-11-5-6-13-20(17)18(21)15-8-3-2-4-9-15/h2-4,7-10,12,17H,5-6,11,13H2,1H3/t17-/m1/s1. The van der Waals surface area contributed by atoms with E-state index in [1.54, 1.807) is 0 Å². The fraction of sp³-hybridized carbons (Fsp3) is 0.333. The molecule has 108 valence electrons. The molecule has 21 heavy (non-hydrogen) atoms. The number of carbonyl (C=O) groups excluding carboxylic acids is 1. The van der Waals surface area contributed by atoms with Gasteiger partial charge in [0.15, 0.2) is 0 Å². The quantitative estimate of drug-likeness (QED) is 0.839. The van der Waals surface area contributed by atoms with Gasteiger partial charge >= 0.3 is 0 Å². The van der Waals surface area contributed by atoms with Crippen LogP contribution in [0.4, 0.5) is 0 Å². The Morgan fingerprint density at radius 1 is 1.14 bits per heavy atom. The molecule has 0 radical (unpaired) electrons. The van der Waals surface area contributed by atoms with Crippen LogP contribution in [0.15, 0.2) is 48.7 Å². The van der Waals surface area contributed by atoms with E-state index < -0.39 is 0 Å². The van der Waals surface area contributed by atoms with E-state index >= 15 is 0 Å². The third-order valence-corrected chi connectivity index (χ3v) is 4.19. The number of aromatic nitrogens is 1.